The fourth-order valence-electron chi connectivity index (χ4n) is 5.87. The molecule has 3 N–H and O–H groups in total. The molecule has 0 spiro atoms. The first-order valence-corrected chi connectivity index (χ1v) is 18.6. The zero-order valence-electron chi connectivity index (χ0n) is 28.7. The van der Waals surface area contributed by atoms with Gasteiger partial charge >= 0.3 is 5.97 Å². The summed E-state index contributed by atoms with van der Waals surface area (Å²) in [5, 5.41) is 8.39. The number of fused-ring (bicyclic) bond motifs is 1. The summed E-state index contributed by atoms with van der Waals surface area (Å²) in [6, 6.07) is 15.8. The first-order chi connectivity index (χ1) is 24.4. The Morgan fingerprint density at radius 1 is 1.00 bits per heavy atom. The molecule has 270 valence electrons. The largest absolute Gasteiger partial charge is 0.466 e. The van der Waals surface area contributed by atoms with E-state index in [-0.39, 0.29) is 54.8 Å². The number of ether oxygens (including phenoxy) is 1. The van der Waals surface area contributed by atoms with Gasteiger partial charge in [0.2, 0.25) is 15.9 Å². The second kappa shape index (κ2) is 16.2. The predicted octanol–water partition coefficient (Wildman–Crippen LogP) is 4.67. The molecule has 3 aromatic carbocycles. The summed E-state index contributed by atoms with van der Waals surface area (Å²) in [4.78, 5) is 50.1. The Hall–Kier alpha value is -5.24. The van der Waals surface area contributed by atoms with Crippen LogP contribution in [-0.4, -0.2) is 71.7 Å². The average Bonchev–Trinajstić information content (AvgIpc) is 3.88. The van der Waals surface area contributed by atoms with E-state index in [0.29, 0.717) is 41.6 Å². The molecule has 1 fully saturated rings. The van der Waals surface area contributed by atoms with E-state index in [1.54, 1.807) is 37.3 Å². The molecule has 0 radical (unpaired) electrons. The molecule has 0 aliphatic heterocycles. The summed E-state index contributed by atoms with van der Waals surface area (Å²) in [6.45, 7) is 1.59. The number of halogens is 1. The van der Waals surface area contributed by atoms with Crippen LogP contribution in [0.1, 0.15) is 70.4 Å². The topological polar surface area (TPSA) is 164 Å². The molecule has 1 aliphatic rings. The number of furan rings is 1. The molecule has 1 aliphatic carbocycles. The number of carbonyl (C=O) groups excluding carboxylic acids is 4. The molecule has 0 atom stereocenters. The number of carbonyl (C=O) groups is 4. The lowest BCUT2D eigenvalue weighted by Crippen LogP contribution is -2.42. The summed E-state index contributed by atoms with van der Waals surface area (Å²) >= 11 is 0. The summed E-state index contributed by atoms with van der Waals surface area (Å²) in [5.41, 5.74) is 3.35. The highest BCUT2D eigenvalue weighted by molar-refractivity contribution is 7.92. The van der Waals surface area contributed by atoms with Crippen molar-refractivity contribution in [3.8, 4) is 11.3 Å². The van der Waals surface area contributed by atoms with E-state index in [9.17, 15) is 32.0 Å². The lowest BCUT2D eigenvalue weighted by molar-refractivity contribution is -0.143. The summed E-state index contributed by atoms with van der Waals surface area (Å²) < 4.78 is 52.3. The van der Waals surface area contributed by atoms with Gasteiger partial charge in [0, 0.05) is 42.6 Å². The zero-order chi connectivity index (χ0) is 36.7. The highest BCUT2D eigenvalue weighted by Crippen LogP contribution is 2.48. The van der Waals surface area contributed by atoms with Crippen LogP contribution in [0.15, 0.2) is 65.1 Å². The van der Waals surface area contributed by atoms with E-state index < -0.39 is 33.6 Å². The lowest BCUT2D eigenvalue weighted by atomic mass is 10.0. The van der Waals surface area contributed by atoms with Crippen LogP contribution in [-0.2, 0) is 30.8 Å². The molecule has 3 amide bonds. The van der Waals surface area contributed by atoms with Crippen molar-refractivity contribution < 1.29 is 41.1 Å². The summed E-state index contributed by atoms with van der Waals surface area (Å²) in [5.74, 6) is -1.79. The number of esters is 1. The molecule has 1 aromatic heterocycles. The van der Waals surface area contributed by atoms with E-state index in [2.05, 4.69) is 16.0 Å². The van der Waals surface area contributed by atoms with Crippen molar-refractivity contribution in [2.45, 2.75) is 44.9 Å². The molecule has 1 heterocycles. The van der Waals surface area contributed by atoms with E-state index >= 15 is 0 Å². The third-order valence-electron chi connectivity index (χ3n) is 8.47. The molecule has 0 saturated heterocycles. The van der Waals surface area contributed by atoms with E-state index in [1.807, 2.05) is 6.07 Å². The minimum Gasteiger partial charge on any atom is -0.466 e. The molecule has 12 nitrogen and oxygen atoms in total. The van der Waals surface area contributed by atoms with Gasteiger partial charge in [-0.05, 0) is 92.1 Å². The molecule has 51 heavy (non-hydrogen) atoms. The molecular formula is C37H41FN4O8S. The number of hydrogen-bond donors (Lipinski definition) is 3. The van der Waals surface area contributed by atoms with E-state index in [0.717, 1.165) is 30.2 Å². The van der Waals surface area contributed by atoms with Gasteiger partial charge in [0.15, 0.2) is 0 Å². The van der Waals surface area contributed by atoms with Crippen molar-refractivity contribution in [3.63, 3.8) is 0 Å². The van der Waals surface area contributed by atoms with Gasteiger partial charge in [0.05, 0.1) is 37.2 Å². The van der Waals surface area contributed by atoms with Gasteiger partial charge < -0.3 is 25.1 Å². The number of benzene rings is 3. The van der Waals surface area contributed by atoms with E-state index in [4.69, 9.17) is 9.15 Å². The second-order valence-corrected chi connectivity index (χ2v) is 14.2. The first kappa shape index (κ1) is 37.0. The predicted molar refractivity (Wildman–Crippen MR) is 191 cm³/mol. The maximum Gasteiger partial charge on any atom is 0.305 e. The Balaban J connectivity index is 1.27. The number of anilines is 1. The number of nitrogens with zero attached hydrogens (tertiary/aromatic N) is 1. The van der Waals surface area contributed by atoms with Gasteiger partial charge in [0.1, 0.15) is 17.2 Å². The van der Waals surface area contributed by atoms with Crippen molar-refractivity contribution in [2.24, 2.45) is 0 Å². The maximum atomic E-state index is 13.7. The number of aryl methyl sites for hydroxylation is 1. The Morgan fingerprint density at radius 3 is 2.41 bits per heavy atom. The average molecular weight is 721 g/mol. The number of amides is 3. The molecule has 14 heteroatoms. The van der Waals surface area contributed by atoms with Crippen molar-refractivity contribution in [1.29, 1.82) is 0 Å². The third-order valence-corrected chi connectivity index (χ3v) is 9.65. The molecule has 0 unspecified atom stereocenters. The highest BCUT2D eigenvalue weighted by atomic mass is 32.2. The molecule has 5 rings (SSSR count). The van der Waals surface area contributed by atoms with Crippen LogP contribution < -0.4 is 20.3 Å². The van der Waals surface area contributed by atoms with Crippen LogP contribution in [0.4, 0.5) is 10.1 Å². The molecule has 4 aromatic rings. The summed E-state index contributed by atoms with van der Waals surface area (Å²) in [7, 11) is -2.36. The van der Waals surface area contributed by atoms with E-state index in [1.165, 1.54) is 35.6 Å². The SMILES string of the molecule is CCOC(=O)CCCc1cccc(C(=O)NCC(=O)NCCN(c2cc3oc(-c4ccc(F)cc4)c(C(=O)NC)c3cc2C2CC2)S(C)(=O)=O)c1. The van der Waals surface area contributed by atoms with Crippen molar-refractivity contribution in [1.82, 2.24) is 16.0 Å². The van der Waals surface area contributed by atoms with Crippen molar-refractivity contribution >= 4 is 50.4 Å². The molecular weight excluding hydrogens is 679 g/mol. The fraction of sp³-hybridized carbons (Fsp3) is 0.351. The minimum absolute atomic E-state index is 0.0532. The van der Waals surface area contributed by atoms with Gasteiger partial charge in [-0.3, -0.25) is 23.5 Å². The summed E-state index contributed by atoms with van der Waals surface area (Å²) in [6.07, 6.45) is 4.17. The normalized spacial score (nSPS) is 12.7. The van der Waals surface area contributed by atoms with Crippen LogP contribution in [0.25, 0.3) is 22.3 Å². The molecule has 0 bridgehead atoms. The van der Waals surface area contributed by atoms with Gasteiger partial charge in [-0.2, -0.15) is 0 Å². The standard InChI is InChI=1S/C37H41FN4O8S/c1-4-49-33(44)10-6-8-23-7-5-9-26(19-23)36(45)41-22-32(43)40-17-18-42(51(3,47)48)30-21-31-29(20-28(30)24-11-12-24)34(37(46)39-2)35(50-31)25-13-15-27(38)16-14-25/h5,7,9,13-16,19-21,24H,4,6,8,10-12,17-18,22H2,1-3H3,(H,39,46)(H,40,43)(H,41,45). The van der Waals surface area contributed by atoms with Crippen LogP contribution in [0.3, 0.4) is 0 Å². The smallest absolute Gasteiger partial charge is 0.305 e. The Bertz CT molecular complexity index is 2040. The number of sulfonamides is 1. The number of nitrogens with one attached hydrogen (secondary N) is 3. The minimum atomic E-state index is -3.85. The van der Waals surface area contributed by atoms with Gasteiger partial charge in [0.25, 0.3) is 11.8 Å². The maximum absolute atomic E-state index is 13.7. The first-order valence-electron chi connectivity index (χ1n) is 16.7. The fourth-order valence-corrected chi connectivity index (χ4v) is 6.80. The Kier molecular flexibility index (Phi) is 11.8. The Morgan fingerprint density at radius 2 is 1.75 bits per heavy atom. The number of rotatable bonds is 16. The van der Waals surface area contributed by atoms with Gasteiger partial charge in [-0.1, -0.05) is 12.1 Å². The highest BCUT2D eigenvalue weighted by Gasteiger charge is 2.33. The molecule has 1 saturated carbocycles. The quantitative estimate of drug-likeness (QED) is 0.141. The third kappa shape index (κ3) is 9.31. The van der Waals surface area contributed by atoms with Gasteiger partial charge in [-0.15, -0.1) is 0 Å². The Labute approximate surface area is 295 Å². The number of hydrogen-bond acceptors (Lipinski definition) is 8. The lowest BCUT2D eigenvalue weighted by Gasteiger charge is -2.25. The van der Waals surface area contributed by atoms with Gasteiger partial charge in [-0.25, -0.2) is 12.8 Å². The van der Waals surface area contributed by atoms with Crippen LogP contribution >= 0.6 is 0 Å². The van der Waals surface area contributed by atoms with Crippen LogP contribution in [0, 0.1) is 5.82 Å². The van der Waals surface area contributed by atoms with Crippen LogP contribution in [0.2, 0.25) is 0 Å². The van der Waals surface area contributed by atoms with Crippen molar-refractivity contribution in [3.05, 3.63) is 88.7 Å². The zero-order valence-corrected chi connectivity index (χ0v) is 29.5. The monoisotopic (exact) mass is 720 g/mol. The van der Waals surface area contributed by atoms with Crippen LogP contribution in [0.5, 0.6) is 0 Å². The van der Waals surface area contributed by atoms with Crippen molar-refractivity contribution in [2.75, 3.05) is 43.8 Å². The second-order valence-electron chi connectivity index (χ2n) is 12.3.